The maximum absolute atomic E-state index is 6.20. The number of aromatic nitrogens is 3. The van der Waals surface area contributed by atoms with Gasteiger partial charge in [-0.25, -0.2) is 0 Å². The molecule has 2 aromatic rings. The minimum absolute atomic E-state index is 0.301. The Balaban J connectivity index is 2.22. The van der Waals surface area contributed by atoms with Gasteiger partial charge >= 0.3 is 0 Å². The van der Waals surface area contributed by atoms with E-state index in [0.717, 1.165) is 17.2 Å². The molecule has 0 unspecified atom stereocenters. The third-order valence-corrected chi connectivity index (χ3v) is 3.48. The summed E-state index contributed by atoms with van der Waals surface area (Å²) in [6.07, 6.45) is 0. The molecule has 2 rings (SSSR count). The monoisotopic (exact) mass is 314 g/mol. The summed E-state index contributed by atoms with van der Waals surface area (Å²) in [6.45, 7) is 2.81. The van der Waals surface area contributed by atoms with Crippen molar-refractivity contribution < 1.29 is 4.74 Å². The number of benzene rings is 1. The first kappa shape index (κ1) is 15.1. The molecule has 0 atom stereocenters. The molecule has 0 spiro atoms. The second-order valence-corrected chi connectivity index (χ2v) is 5.26. The number of hydrogen-bond donors (Lipinski definition) is 1. The highest BCUT2D eigenvalue weighted by molar-refractivity contribution is 6.35. The topological polar surface area (TPSA) is 52.0 Å². The fourth-order valence-electron chi connectivity index (χ4n) is 1.81. The highest BCUT2D eigenvalue weighted by atomic mass is 35.5. The van der Waals surface area contributed by atoms with E-state index in [2.05, 4.69) is 15.5 Å². The van der Waals surface area contributed by atoms with Crippen LogP contribution in [-0.2, 0) is 20.2 Å². The fourth-order valence-corrected chi connectivity index (χ4v) is 2.40. The molecular formula is C13H16Cl2N4O. The largest absolute Gasteiger partial charge is 0.484 e. The number of ether oxygens (including phenoxy) is 1. The van der Waals surface area contributed by atoms with Crippen LogP contribution in [0.15, 0.2) is 12.1 Å². The van der Waals surface area contributed by atoms with Gasteiger partial charge in [0, 0.05) is 24.2 Å². The Bertz CT molecular complexity index is 613. The minimum atomic E-state index is 0.301. The molecule has 1 aromatic carbocycles. The van der Waals surface area contributed by atoms with E-state index >= 15 is 0 Å². The predicted molar refractivity (Wildman–Crippen MR) is 79.3 cm³/mol. The van der Waals surface area contributed by atoms with E-state index in [4.69, 9.17) is 27.9 Å². The van der Waals surface area contributed by atoms with Gasteiger partial charge in [0.2, 0.25) is 0 Å². The van der Waals surface area contributed by atoms with Crippen molar-refractivity contribution in [2.75, 3.05) is 7.05 Å². The summed E-state index contributed by atoms with van der Waals surface area (Å²) in [4.78, 5) is 0. The molecule has 1 heterocycles. The van der Waals surface area contributed by atoms with Crippen molar-refractivity contribution in [3.05, 3.63) is 39.4 Å². The Hall–Kier alpha value is -1.30. The molecule has 0 radical (unpaired) electrons. The van der Waals surface area contributed by atoms with E-state index in [1.54, 1.807) is 6.07 Å². The molecule has 1 N–H and O–H groups in total. The van der Waals surface area contributed by atoms with Crippen LogP contribution in [0.3, 0.4) is 0 Å². The first-order valence-electron chi connectivity index (χ1n) is 6.13. The zero-order chi connectivity index (χ0) is 14.7. The lowest BCUT2D eigenvalue weighted by atomic mass is 10.2. The van der Waals surface area contributed by atoms with Crippen molar-refractivity contribution in [2.45, 2.75) is 20.1 Å². The Kier molecular flexibility index (Phi) is 4.86. The van der Waals surface area contributed by atoms with E-state index in [-0.39, 0.29) is 0 Å². The Morgan fingerprint density at radius 3 is 2.65 bits per heavy atom. The maximum Gasteiger partial charge on any atom is 0.170 e. The zero-order valence-corrected chi connectivity index (χ0v) is 13.1. The van der Waals surface area contributed by atoms with E-state index < -0.39 is 0 Å². The first-order chi connectivity index (χ1) is 9.52. The van der Waals surface area contributed by atoms with Crippen LogP contribution >= 0.6 is 23.2 Å². The summed E-state index contributed by atoms with van der Waals surface area (Å²) in [5, 5.41) is 12.2. The van der Waals surface area contributed by atoms with Crippen molar-refractivity contribution in [1.29, 1.82) is 0 Å². The molecule has 20 heavy (non-hydrogen) atoms. The molecule has 0 fully saturated rings. The highest BCUT2D eigenvalue weighted by Crippen LogP contribution is 2.32. The molecule has 0 aliphatic carbocycles. The van der Waals surface area contributed by atoms with Gasteiger partial charge in [-0.3, -0.25) is 0 Å². The predicted octanol–water partition coefficient (Wildman–Crippen LogP) is 2.73. The summed E-state index contributed by atoms with van der Waals surface area (Å²) in [5.74, 6) is 2.19. The second-order valence-electron chi connectivity index (χ2n) is 4.42. The second kappa shape index (κ2) is 6.43. The molecule has 0 aliphatic heterocycles. The number of aryl methyl sites for hydroxylation is 1. The van der Waals surface area contributed by atoms with Gasteiger partial charge in [-0.2, -0.15) is 0 Å². The van der Waals surface area contributed by atoms with Gasteiger partial charge in [0.15, 0.2) is 5.82 Å². The molecule has 0 bridgehead atoms. The summed E-state index contributed by atoms with van der Waals surface area (Å²) < 4.78 is 7.68. The number of halogens is 2. The summed E-state index contributed by atoms with van der Waals surface area (Å²) >= 11 is 12.2. The molecule has 7 heteroatoms. The zero-order valence-electron chi connectivity index (χ0n) is 11.6. The number of hydrogen-bond acceptors (Lipinski definition) is 4. The molecule has 108 valence electrons. The lowest BCUT2D eigenvalue weighted by Crippen LogP contribution is -2.10. The average Bonchev–Trinajstić information content (AvgIpc) is 2.69. The fraction of sp³-hybridized carbons (Fsp3) is 0.385. The van der Waals surface area contributed by atoms with Gasteiger partial charge in [0.05, 0.1) is 5.02 Å². The first-order valence-corrected chi connectivity index (χ1v) is 6.88. The van der Waals surface area contributed by atoms with Crippen molar-refractivity contribution in [3.8, 4) is 5.75 Å². The SMILES string of the molecule is CNCc1cc(Cl)cc(Cl)c1OCc1nnc(C)n1C. The summed E-state index contributed by atoms with van der Waals surface area (Å²) in [7, 11) is 3.75. The van der Waals surface area contributed by atoms with Gasteiger partial charge in [0.1, 0.15) is 18.2 Å². The lowest BCUT2D eigenvalue weighted by molar-refractivity contribution is 0.287. The molecule has 1 aromatic heterocycles. The molecular weight excluding hydrogens is 299 g/mol. The van der Waals surface area contributed by atoms with Crippen LogP contribution in [0, 0.1) is 6.92 Å². The number of nitrogens with one attached hydrogen (secondary N) is 1. The smallest absolute Gasteiger partial charge is 0.170 e. The van der Waals surface area contributed by atoms with Crippen molar-refractivity contribution in [3.63, 3.8) is 0 Å². The Morgan fingerprint density at radius 2 is 2.05 bits per heavy atom. The molecule has 0 amide bonds. The van der Waals surface area contributed by atoms with Crippen molar-refractivity contribution in [1.82, 2.24) is 20.1 Å². The molecule has 5 nitrogen and oxygen atoms in total. The van der Waals surface area contributed by atoms with Crippen LogP contribution in [0.2, 0.25) is 10.0 Å². The number of nitrogens with zero attached hydrogens (tertiary/aromatic N) is 3. The van der Waals surface area contributed by atoms with E-state index in [1.807, 2.05) is 31.7 Å². The third kappa shape index (κ3) is 3.23. The van der Waals surface area contributed by atoms with Gasteiger partial charge < -0.3 is 14.6 Å². The van der Waals surface area contributed by atoms with Crippen LogP contribution in [0.5, 0.6) is 5.75 Å². The van der Waals surface area contributed by atoms with Gasteiger partial charge in [0.25, 0.3) is 0 Å². The van der Waals surface area contributed by atoms with Gasteiger partial charge in [-0.05, 0) is 26.1 Å². The van der Waals surface area contributed by atoms with E-state index in [9.17, 15) is 0 Å². The molecule has 0 saturated heterocycles. The van der Waals surface area contributed by atoms with E-state index in [0.29, 0.717) is 28.9 Å². The Morgan fingerprint density at radius 1 is 1.30 bits per heavy atom. The maximum atomic E-state index is 6.20. The van der Waals surface area contributed by atoms with Crippen LogP contribution < -0.4 is 10.1 Å². The summed E-state index contributed by atoms with van der Waals surface area (Å²) in [6, 6.07) is 3.50. The lowest BCUT2D eigenvalue weighted by Gasteiger charge is -2.13. The van der Waals surface area contributed by atoms with Gasteiger partial charge in [-0.15, -0.1) is 10.2 Å². The quantitative estimate of drug-likeness (QED) is 0.922. The number of rotatable bonds is 5. The minimum Gasteiger partial charge on any atom is -0.484 e. The van der Waals surface area contributed by atoms with Crippen molar-refractivity contribution in [2.24, 2.45) is 7.05 Å². The van der Waals surface area contributed by atoms with Crippen molar-refractivity contribution >= 4 is 23.2 Å². The normalized spacial score (nSPS) is 10.8. The summed E-state index contributed by atoms with van der Waals surface area (Å²) in [5.41, 5.74) is 0.906. The van der Waals surface area contributed by atoms with Crippen LogP contribution in [0.1, 0.15) is 17.2 Å². The third-order valence-electron chi connectivity index (χ3n) is 2.98. The Labute approximate surface area is 127 Å². The van der Waals surface area contributed by atoms with E-state index in [1.165, 1.54) is 0 Å². The average molecular weight is 315 g/mol. The highest BCUT2D eigenvalue weighted by Gasteiger charge is 2.12. The van der Waals surface area contributed by atoms with Crippen LogP contribution in [0.4, 0.5) is 0 Å². The van der Waals surface area contributed by atoms with Crippen LogP contribution in [0.25, 0.3) is 0 Å². The standard InChI is InChI=1S/C13H16Cl2N4O/c1-8-17-18-12(19(8)3)7-20-13-9(6-16-2)4-10(14)5-11(13)15/h4-5,16H,6-7H2,1-3H3. The van der Waals surface area contributed by atoms with Crippen LogP contribution in [-0.4, -0.2) is 21.8 Å². The van der Waals surface area contributed by atoms with Gasteiger partial charge in [-0.1, -0.05) is 23.2 Å². The molecule has 0 saturated carbocycles. The molecule has 0 aliphatic rings.